The van der Waals surface area contributed by atoms with Crippen LogP contribution in [0.3, 0.4) is 0 Å². The number of rotatable bonds is 6. The van der Waals surface area contributed by atoms with E-state index in [0.717, 1.165) is 11.1 Å². The van der Waals surface area contributed by atoms with E-state index >= 15 is 0 Å². The molecule has 2 N–H and O–H groups in total. The molecule has 1 atom stereocenters. The van der Waals surface area contributed by atoms with Gasteiger partial charge in [-0.15, -0.1) is 0 Å². The molecule has 1 aromatic carbocycles. The molecule has 1 unspecified atom stereocenters. The topological polar surface area (TPSA) is 80.0 Å². The largest absolute Gasteiger partial charge is 0.476 e. The summed E-state index contributed by atoms with van der Waals surface area (Å²) in [5.41, 5.74) is 2.22. The zero-order valence-electron chi connectivity index (χ0n) is 15.9. The average Bonchev–Trinajstić information content (AvgIpc) is 2.98. The first-order valence-corrected chi connectivity index (χ1v) is 10.4. The van der Waals surface area contributed by atoms with Crippen molar-refractivity contribution in [3.63, 3.8) is 0 Å². The molecule has 6 nitrogen and oxygen atoms in total. The van der Waals surface area contributed by atoms with Gasteiger partial charge in [-0.05, 0) is 72.1 Å². The van der Waals surface area contributed by atoms with Crippen LogP contribution in [0.5, 0.6) is 0 Å². The van der Waals surface area contributed by atoms with Crippen molar-refractivity contribution in [2.75, 3.05) is 5.32 Å². The van der Waals surface area contributed by atoms with Gasteiger partial charge in [-0.1, -0.05) is 29.3 Å². The Kier molecular flexibility index (Phi) is 6.51. The van der Waals surface area contributed by atoms with Gasteiger partial charge in [0.05, 0.1) is 11.7 Å². The van der Waals surface area contributed by atoms with Gasteiger partial charge in [-0.25, -0.2) is 14.8 Å². The summed E-state index contributed by atoms with van der Waals surface area (Å²) in [6.07, 6.45) is 1.59. The zero-order chi connectivity index (χ0) is 21.3. The number of imidazole rings is 1. The first-order valence-electron chi connectivity index (χ1n) is 8.84. The van der Waals surface area contributed by atoms with Crippen LogP contribution < -0.4 is 5.32 Å². The molecule has 9 heteroatoms. The lowest BCUT2D eigenvalue weighted by atomic mass is 9.96. The van der Waals surface area contributed by atoms with Gasteiger partial charge in [0.15, 0.2) is 10.4 Å². The average molecular weight is 498 g/mol. The van der Waals surface area contributed by atoms with E-state index in [1.54, 1.807) is 24.4 Å². The zero-order valence-corrected chi connectivity index (χ0v) is 19.0. The molecule has 0 aliphatic heterocycles. The summed E-state index contributed by atoms with van der Waals surface area (Å²) in [6, 6.07) is 8.25. The molecule has 0 saturated carbocycles. The number of nitrogens with zero attached hydrogens (tertiary/aromatic N) is 3. The summed E-state index contributed by atoms with van der Waals surface area (Å²) in [5, 5.41) is 14.3. The third-order valence-electron chi connectivity index (χ3n) is 4.45. The van der Waals surface area contributed by atoms with Gasteiger partial charge >= 0.3 is 5.97 Å². The van der Waals surface area contributed by atoms with Gasteiger partial charge in [0.2, 0.25) is 0 Å². The van der Waals surface area contributed by atoms with Gasteiger partial charge in [0.25, 0.3) is 0 Å². The highest BCUT2D eigenvalue weighted by Gasteiger charge is 2.31. The lowest BCUT2D eigenvalue weighted by Gasteiger charge is -2.25. The SMILES string of the molecule is Cc1cc(Cl)ccc1C(Nc1cc(Cl)ccn1)c1c(C(=O)O)nc(Br)n1C(C)C. The summed E-state index contributed by atoms with van der Waals surface area (Å²) < 4.78 is 2.29. The Labute approximate surface area is 187 Å². The Bertz CT molecular complexity index is 1070. The molecule has 0 bridgehead atoms. The predicted octanol–water partition coefficient (Wildman–Crippen LogP) is 6.14. The van der Waals surface area contributed by atoms with Crippen molar-refractivity contribution in [3.8, 4) is 0 Å². The van der Waals surface area contributed by atoms with Crippen LogP contribution in [-0.2, 0) is 0 Å². The maximum absolute atomic E-state index is 12.0. The van der Waals surface area contributed by atoms with Crippen LogP contribution in [0.4, 0.5) is 5.82 Å². The quantitative estimate of drug-likeness (QED) is 0.427. The first kappa shape index (κ1) is 21.6. The van der Waals surface area contributed by atoms with E-state index < -0.39 is 12.0 Å². The maximum atomic E-state index is 12.0. The van der Waals surface area contributed by atoms with Crippen LogP contribution >= 0.6 is 39.1 Å². The van der Waals surface area contributed by atoms with E-state index in [9.17, 15) is 9.90 Å². The molecule has 3 aromatic rings. The van der Waals surface area contributed by atoms with Gasteiger partial charge in [-0.3, -0.25) is 0 Å². The van der Waals surface area contributed by atoms with Crippen molar-refractivity contribution in [2.45, 2.75) is 32.9 Å². The number of halogens is 3. The molecule has 2 aromatic heterocycles. The maximum Gasteiger partial charge on any atom is 0.356 e. The summed E-state index contributed by atoms with van der Waals surface area (Å²) in [5.74, 6) is -0.599. The predicted molar refractivity (Wildman–Crippen MR) is 118 cm³/mol. The van der Waals surface area contributed by atoms with Crippen molar-refractivity contribution in [1.29, 1.82) is 0 Å². The number of pyridine rings is 1. The standard InChI is InChI=1S/C20H19BrCl2N4O2/c1-10(2)27-18(17(19(28)29)26-20(27)21)16(14-5-4-12(22)8-11(14)3)25-15-9-13(23)6-7-24-15/h4-10,16H,1-3H3,(H,24,25)(H,28,29). The number of aromatic nitrogens is 3. The molecule has 152 valence electrons. The Morgan fingerprint density at radius 1 is 1.21 bits per heavy atom. The fraction of sp³-hybridized carbons (Fsp3) is 0.250. The van der Waals surface area contributed by atoms with Gasteiger partial charge < -0.3 is 15.0 Å². The second kappa shape index (κ2) is 8.73. The van der Waals surface area contributed by atoms with Crippen molar-refractivity contribution in [1.82, 2.24) is 14.5 Å². The van der Waals surface area contributed by atoms with Crippen molar-refractivity contribution in [2.24, 2.45) is 0 Å². The molecule has 29 heavy (non-hydrogen) atoms. The first-order chi connectivity index (χ1) is 13.7. The van der Waals surface area contributed by atoms with E-state index in [1.807, 2.05) is 37.5 Å². The Balaban J connectivity index is 2.27. The van der Waals surface area contributed by atoms with Crippen molar-refractivity contribution in [3.05, 3.63) is 73.8 Å². The second-order valence-corrected chi connectivity index (χ2v) is 8.40. The fourth-order valence-corrected chi connectivity index (χ4v) is 4.39. The highest BCUT2D eigenvalue weighted by atomic mass is 79.9. The van der Waals surface area contributed by atoms with Crippen LogP contribution in [0.1, 0.15) is 53.2 Å². The number of aromatic carboxylic acids is 1. The van der Waals surface area contributed by atoms with Gasteiger partial charge in [-0.2, -0.15) is 0 Å². The third-order valence-corrected chi connectivity index (χ3v) is 5.48. The molecule has 0 aliphatic carbocycles. The molecule has 0 amide bonds. The minimum absolute atomic E-state index is 0.0378. The number of carbonyl (C=O) groups is 1. The molecule has 0 radical (unpaired) electrons. The third kappa shape index (κ3) is 4.57. The Morgan fingerprint density at radius 2 is 1.90 bits per heavy atom. The lowest BCUT2D eigenvalue weighted by Crippen LogP contribution is -2.22. The normalized spacial score (nSPS) is 12.2. The Hall–Kier alpha value is -2.09. The summed E-state index contributed by atoms with van der Waals surface area (Å²) in [6.45, 7) is 5.85. The number of aryl methyl sites for hydroxylation is 1. The monoisotopic (exact) mass is 496 g/mol. The highest BCUT2D eigenvalue weighted by molar-refractivity contribution is 9.10. The fourth-order valence-electron chi connectivity index (χ4n) is 3.23. The number of carboxylic acid groups (broad SMARTS) is 1. The van der Waals surface area contributed by atoms with Crippen LogP contribution in [0, 0.1) is 6.92 Å². The summed E-state index contributed by atoms with van der Waals surface area (Å²) in [4.78, 5) is 20.6. The van der Waals surface area contributed by atoms with E-state index in [0.29, 0.717) is 26.3 Å². The van der Waals surface area contributed by atoms with Gasteiger partial charge in [0.1, 0.15) is 5.82 Å². The van der Waals surface area contributed by atoms with Crippen LogP contribution in [0.15, 0.2) is 41.3 Å². The van der Waals surface area contributed by atoms with Crippen molar-refractivity contribution >= 4 is 50.9 Å². The molecular weight excluding hydrogens is 479 g/mol. The van der Waals surface area contributed by atoms with E-state index in [-0.39, 0.29) is 11.7 Å². The van der Waals surface area contributed by atoms with Crippen molar-refractivity contribution < 1.29 is 9.90 Å². The number of carboxylic acids is 1. The molecule has 0 spiro atoms. The number of hydrogen-bond donors (Lipinski definition) is 2. The Morgan fingerprint density at radius 3 is 2.48 bits per heavy atom. The van der Waals surface area contributed by atoms with E-state index in [2.05, 4.69) is 31.2 Å². The minimum Gasteiger partial charge on any atom is -0.476 e. The number of hydrogen-bond acceptors (Lipinski definition) is 4. The highest BCUT2D eigenvalue weighted by Crippen LogP contribution is 2.35. The lowest BCUT2D eigenvalue weighted by molar-refractivity contribution is 0.0689. The number of nitrogens with one attached hydrogen (secondary N) is 1. The number of benzene rings is 1. The molecule has 0 fully saturated rings. The summed E-state index contributed by atoms with van der Waals surface area (Å²) in [7, 11) is 0. The van der Waals surface area contributed by atoms with Crippen LogP contribution in [0.2, 0.25) is 10.0 Å². The van der Waals surface area contributed by atoms with Crippen LogP contribution in [-0.4, -0.2) is 25.6 Å². The molecule has 2 heterocycles. The molecule has 0 saturated heterocycles. The van der Waals surface area contributed by atoms with Gasteiger partial charge in [0, 0.05) is 22.3 Å². The van der Waals surface area contributed by atoms with E-state index in [1.165, 1.54) is 0 Å². The van der Waals surface area contributed by atoms with Crippen LogP contribution in [0.25, 0.3) is 0 Å². The smallest absolute Gasteiger partial charge is 0.356 e. The molecular formula is C20H19BrCl2N4O2. The van der Waals surface area contributed by atoms with E-state index in [4.69, 9.17) is 23.2 Å². The second-order valence-electron chi connectivity index (χ2n) is 6.82. The number of anilines is 1. The molecule has 0 aliphatic rings. The summed E-state index contributed by atoms with van der Waals surface area (Å²) >= 11 is 15.7. The minimum atomic E-state index is -1.11. The molecule has 3 rings (SSSR count).